The lowest BCUT2D eigenvalue weighted by Crippen LogP contribution is -2.32. The zero-order valence-corrected chi connectivity index (χ0v) is 15.9. The Balaban J connectivity index is 2.14. The lowest BCUT2D eigenvalue weighted by molar-refractivity contribution is 0.0499. The number of rotatable bonds is 8. The van der Waals surface area contributed by atoms with Crippen LogP contribution in [0.1, 0.15) is 40.5 Å². The maximum absolute atomic E-state index is 12.7. The van der Waals surface area contributed by atoms with E-state index in [1.165, 1.54) is 0 Å². The number of esters is 1. The molecule has 2 rings (SSSR count). The number of nitrogens with zero attached hydrogens (tertiary/aromatic N) is 1. The highest BCUT2D eigenvalue weighted by atomic mass is 79.9. The van der Waals surface area contributed by atoms with Gasteiger partial charge in [-0.3, -0.25) is 4.79 Å². The predicted molar refractivity (Wildman–Crippen MR) is 104 cm³/mol. The largest absolute Gasteiger partial charge is 0.462 e. The van der Waals surface area contributed by atoms with Crippen LogP contribution >= 0.6 is 15.9 Å². The fourth-order valence-electron chi connectivity index (χ4n) is 2.34. The topological polar surface area (TPSA) is 46.6 Å². The summed E-state index contributed by atoms with van der Waals surface area (Å²) >= 11 is 3.39. The van der Waals surface area contributed by atoms with Gasteiger partial charge in [0.2, 0.25) is 0 Å². The first kappa shape index (κ1) is 19.2. The molecular weight excluding hydrogens is 382 g/mol. The molecule has 1 amide bonds. The van der Waals surface area contributed by atoms with Crippen LogP contribution in [0.4, 0.5) is 5.69 Å². The molecule has 0 spiro atoms. The Morgan fingerprint density at radius 2 is 1.68 bits per heavy atom. The van der Waals surface area contributed by atoms with E-state index in [9.17, 15) is 9.59 Å². The number of carbonyl (C=O) groups is 2. The standard InChI is InChI=1S/C20H22BrNO3/c1-2-3-15-25-20(24)17-9-11-18(12-10-17)22(14-13-21)19(23)16-7-5-4-6-8-16/h4-12H,2-3,13-15H2,1H3. The zero-order chi connectivity index (χ0) is 18.1. The summed E-state index contributed by atoms with van der Waals surface area (Å²) in [6, 6.07) is 16.1. The van der Waals surface area contributed by atoms with Gasteiger partial charge in [0, 0.05) is 23.1 Å². The van der Waals surface area contributed by atoms with E-state index in [-0.39, 0.29) is 11.9 Å². The molecule has 25 heavy (non-hydrogen) atoms. The molecular formula is C20H22BrNO3. The van der Waals surface area contributed by atoms with Crippen LogP contribution in [0.2, 0.25) is 0 Å². The Hall–Kier alpha value is -2.14. The third kappa shape index (κ3) is 5.43. The van der Waals surface area contributed by atoms with Crippen molar-refractivity contribution in [1.29, 1.82) is 0 Å². The second kappa shape index (κ2) is 9.99. The zero-order valence-electron chi connectivity index (χ0n) is 14.3. The minimum atomic E-state index is -0.332. The number of hydrogen-bond donors (Lipinski definition) is 0. The van der Waals surface area contributed by atoms with Crippen molar-refractivity contribution in [3.05, 3.63) is 65.7 Å². The molecule has 5 heteroatoms. The Morgan fingerprint density at radius 1 is 1.00 bits per heavy atom. The van der Waals surface area contributed by atoms with E-state index in [4.69, 9.17) is 4.74 Å². The second-order valence-electron chi connectivity index (χ2n) is 5.55. The molecule has 0 saturated heterocycles. The second-order valence-corrected chi connectivity index (χ2v) is 6.34. The summed E-state index contributed by atoms with van der Waals surface area (Å²) in [4.78, 5) is 26.4. The van der Waals surface area contributed by atoms with E-state index >= 15 is 0 Å². The minimum Gasteiger partial charge on any atom is -0.462 e. The molecule has 132 valence electrons. The van der Waals surface area contributed by atoms with Crippen molar-refractivity contribution in [3.8, 4) is 0 Å². The van der Waals surface area contributed by atoms with Gasteiger partial charge in [-0.25, -0.2) is 4.79 Å². The summed E-state index contributed by atoms with van der Waals surface area (Å²) in [6.07, 6.45) is 1.84. The van der Waals surface area contributed by atoms with Gasteiger partial charge < -0.3 is 9.64 Å². The van der Waals surface area contributed by atoms with Gasteiger partial charge in [-0.05, 0) is 42.8 Å². The van der Waals surface area contributed by atoms with E-state index < -0.39 is 0 Å². The first-order valence-electron chi connectivity index (χ1n) is 8.37. The van der Waals surface area contributed by atoms with Crippen LogP contribution in [0, 0.1) is 0 Å². The number of carbonyl (C=O) groups excluding carboxylic acids is 2. The maximum Gasteiger partial charge on any atom is 0.338 e. The van der Waals surface area contributed by atoms with Crippen LogP contribution in [0.25, 0.3) is 0 Å². The molecule has 0 aliphatic carbocycles. The summed E-state index contributed by atoms with van der Waals surface area (Å²) in [6.45, 7) is 3.01. The fraction of sp³-hybridized carbons (Fsp3) is 0.300. The monoisotopic (exact) mass is 403 g/mol. The van der Waals surface area contributed by atoms with Crippen LogP contribution in [0.3, 0.4) is 0 Å². The molecule has 0 atom stereocenters. The fourth-order valence-corrected chi connectivity index (χ4v) is 2.69. The highest BCUT2D eigenvalue weighted by Crippen LogP contribution is 2.19. The molecule has 4 nitrogen and oxygen atoms in total. The molecule has 0 N–H and O–H groups in total. The molecule has 0 saturated carbocycles. The van der Waals surface area contributed by atoms with Crippen molar-refractivity contribution in [2.75, 3.05) is 23.4 Å². The van der Waals surface area contributed by atoms with E-state index in [1.807, 2.05) is 25.1 Å². The van der Waals surface area contributed by atoms with Crippen LogP contribution in [0.15, 0.2) is 54.6 Å². The SMILES string of the molecule is CCCCOC(=O)c1ccc(N(CCBr)C(=O)c2ccccc2)cc1. The highest BCUT2D eigenvalue weighted by Gasteiger charge is 2.17. The first-order chi connectivity index (χ1) is 12.2. The van der Waals surface area contributed by atoms with E-state index in [2.05, 4.69) is 15.9 Å². The number of ether oxygens (including phenoxy) is 1. The maximum atomic E-state index is 12.7. The summed E-state index contributed by atoms with van der Waals surface area (Å²) in [5.41, 5.74) is 1.87. The van der Waals surface area contributed by atoms with E-state index in [0.717, 1.165) is 18.5 Å². The van der Waals surface area contributed by atoms with Crippen molar-refractivity contribution in [2.24, 2.45) is 0 Å². The van der Waals surface area contributed by atoms with Crippen LogP contribution in [-0.4, -0.2) is 30.4 Å². The molecule has 0 aromatic heterocycles. The van der Waals surface area contributed by atoms with Crippen molar-refractivity contribution in [1.82, 2.24) is 0 Å². The third-order valence-corrected chi connectivity index (χ3v) is 4.07. The van der Waals surface area contributed by atoms with E-state index in [1.54, 1.807) is 41.3 Å². The van der Waals surface area contributed by atoms with Gasteiger partial charge in [0.15, 0.2) is 0 Å². The average Bonchev–Trinajstić information content (AvgIpc) is 2.66. The highest BCUT2D eigenvalue weighted by molar-refractivity contribution is 9.09. The van der Waals surface area contributed by atoms with Gasteiger partial charge in [0.1, 0.15) is 0 Å². The quantitative estimate of drug-likeness (QED) is 0.365. The lowest BCUT2D eigenvalue weighted by atomic mass is 10.1. The summed E-state index contributed by atoms with van der Waals surface area (Å²) in [5.74, 6) is -0.403. The number of alkyl halides is 1. The van der Waals surface area contributed by atoms with Crippen molar-refractivity contribution in [3.63, 3.8) is 0 Å². The van der Waals surface area contributed by atoms with Gasteiger partial charge in [-0.2, -0.15) is 0 Å². The van der Waals surface area contributed by atoms with Gasteiger partial charge in [-0.1, -0.05) is 47.5 Å². The van der Waals surface area contributed by atoms with Crippen LogP contribution < -0.4 is 4.90 Å². The molecule has 2 aromatic rings. The number of benzene rings is 2. The van der Waals surface area contributed by atoms with Crippen molar-refractivity contribution >= 4 is 33.5 Å². The number of anilines is 1. The molecule has 0 radical (unpaired) electrons. The third-order valence-electron chi connectivity index (χ3n) is 3.72. The molecule has 0 bridgehead atoms. The number of unbranched alkanes of at least 4 members (excludes halogenated alkanes) is 1. The Bertz CT molecular complexity index is 686. The summed E-state index contributed by atoms with van der Waals surface area (Å²) in [7, 11) is 0. The number of hydrogen-bond acceptors (Lipinski definition) is 3. The summed E-state index contributed by atoms with van der Waals surface area (Å²) < 4.78 is 5.21. The van der Waals surface area contributed by atoms with Crippen molar-refractivity contribution in [2.45, 2.75) is 19.8 Å². The predicted octanol–water partition coefficient (Wildman–Crippen LogP) is 4.69. The normalized spacial score (nSPS) is 10.3. The van der Waals surface area contributed by atoms with Crippen LogP contribution in [0.5, 0.6) is 0 Å². The van der Waals surface area contributed by atoms with E-state index in [0.29, 0.717) is 29.6 Å². The Kier molecular flexibility index (Phi) is 7.67. The molecule has 0 aliphatic heterocycles. The Morgan fingerprint density at radius 3 is 2.28 bits per heavy atom. The van der Waals surface area contributed by atoms with Gasteiger partial charge >= 0.3 is 5.97 Å². The molecule has 0 fully saturated rings. The van der Waals surface area contributed by atoms with Crippen molar-refractivity contribution < 1.29 is 14.3 Å². The van der Waals surface area contributed by atoms with Gasteiger partial charge in [0.05, 0.1) is 12.2 Å². The average molecular weight is 404 g/mol. The Labute approximate surface area is 156 Å². The van der Waals surface area contributed by atoms with Gasteiger partial charge in [0.25, 0.3) is 5.91 Å². The lowest BCUT2D eigenvalue weighted by Gasteiger charge is -2.22. The number of halogens is 1. The minimum absolute atomic E-state index is 0.0710. The molecule has 2 aromatic carbocycles. The first-order valence-corrected chi connectivity index (χ1v) is 9.49. The molecule has 0 unspecified atom stereocenters. The molecule has 0 heterocycles. The smallest absolute Gasteiger partial charge is 0.338 e. The van der Waals surface area contributed by atoms with Crippen LogP contribution in [-0.2, 0) is 4.74 Å². The summed E-state index contributed by atoms with van der Waals surface area (Å²) in [5, 5.41) is 0.659. The molecule has 0 aliphatic rings. The van der Waals surface area contributed by atoms with Gasteiger partial charge in [-0.15, -0.1) is 0 Å². The number of amides is 1.